The summed E-state index contributed by atoms with van der Waals surface area (Å²) in [5.74, 6) is -13.0. The van der Waals surface area contributed by atoms with E-state index in [2.05, 4.69) is 31.9 Å². The van der Waals surface area contributed by atoms with Crippen LogP contribution in [0, 0.1) is 17.3 Å². The Hall–Kier alpha value is -5.63. The molecule has 0 radical (unpaired) electrons. The third kappa shape index (κ3) is 20.0. The van der Waals surface area contributed by atoms with Crippen LogP contribution >= 0.6 is 0 Å². The molecule has 0 aliphatic rings. The number of amides is 7. The number of nitrogens with two attached hydrogens (primary N) is 1. The normalized spacial score (nSPS) is 14.4. The lowest BCUT2D eigenvalue weighted by Gasteiger charge is -2.34. The lowest BCUT2D eigenvalue weighted by molar-refractivity contribution is -0.142. The molecule has 0 aromatic rings. The molecule has 0 aromatic carbocycles. The first-order valence-electron chi connectivity index (χ1n) is 19.0. The molecule has 0 rings (SSSR count). The van der Waals surface area contributed by atoms with E-state index in [-0.39, 0.29) is 18.8 Å². The number of rotatable bonds is 27. The number of hydrogen-bond donors (Lipinski definition) is 10. The predicted molar refractivity (Wildman–Crippen MR) is 205 cm³/mol. The van der Waals surface area contributed by atoms with Crippen molar-refractivity contribution < 1.29 is 68.1 Å². The molecule has 328 valence electrons. The highest BCUT2D eigenvalue weighted by Crippen LogP contribution is 2.21. The molecule has 0 saturated heterocycles. The number of primary amides is 1. The van der Waals surface area contributed by atoms with E-state index in [1.54, 1.807) is 48.5 Å². The van der Waals surface area contributed by atoms with Gasteiger partial charge in [0, 0.05) is 12.8 Å². The molecule has 11 N–H and O–H groups in total. The number of carbonyl (C=O) groups is 11. The number of carbonyl (C=O) groups excluding carboxylic acids is 8. The van der Waals surface area contributed by atoms with Crippen LogP contribution in [-0.4, -0.2) is 117 Å². The standard InChI is InChI=1S/C37H61N7O14/c1-9-10-11-20(29(52)31(38)53)40-33(55)22(16-18(2)3)42-36(58)30(37(6,7)8)44-35(57)28(19(4)5)43-32(54)21(12-14-25(46)47)41-34(56)23(17-27(50)51)39-24(45)13-15-26(48)49/h18-23,28,30H,9-17H2,1-8H3,(H2,38,53)(H,39,45)(H,40,55)(H,41,56)(H,42,58)(H,43,54)(H,44,57)(H,46,47)(H,48,49)(H,50,51)/t20?,21-,22-,23-,28-,30+/m0/s1. The average Bonchev–Trinajstić information content (AvgIpc) is 3.09. The second-order valence-electron chi connectivity index (χ2n) is 15.8. The topological polar surface area (TPSA) is 347 Å². The monoisotopic (exact) mass is 827 g/mol. The van der Waals surface area contributed by atoms with Crippen molar-refractivity contribution >= 4 is 65.0 Å². The van der Waals surface area contributed by atoms with Crippen molar-refractivity contribution in [1.82, 2.24) is 31.9 Å². The fraction of sp³-hybridized carbons (Fsp3) is 0.703. The van der Waals surface area contributed by atoms with Crippen molar-refractivity contribution in [2.24, 2.45) is 23.0 Å². The summed E-state index contributed by atoms with van der Waals surface area (Å²) in [6, 6.07) is -8.65. The minimum Gasteiger partial charge on any atom is -0.481 e. The van der Waals surface area contributed by atoms with E-state index < -0.39 is 145 Å². The summed E-state index contributed by atoms with van der Waals surface area (Å²) in [5, 5.41) is 41.9. The van der Waals surface area contributed by atoms with E-state index in [1.165, 1.54) is 0 Å². The van der Waals surface area contributed by atoms with Crippen LogP contribution in [0.4, 0.5) is 0 Å². The summed E-state index contributed by atoms with van der Waals surface area (Å²) < 4.78 is 0. The maximum absolute atomic E-state index is 13.9. The lowest BCUT2D eigenvalue weighted by Crippen LogP contribution is -2.62. The summed E-state index contributed by atoms with van der Waals surface area (Å²) >= 11 is 0. The largest absolute Gasteiger partial charge is 0.481 e. The first-order valence-corrected chi connectivity index (χ1v) is 19.0. The zero-order valence-electron chi connectivity index (χ0n) is 34.4. The van der Waals surface area contributed by atoms with Crippen molar-refractivity contribution in [1.29, 1.82) is 0 Å². The van der Waals surface area contributed by atoms with Gasteiger partial charge in [-0.2, -0.15) is 0 Å². The lowest BCUT2D eigenvalue weighted by atomic mass is 9.85. The molecule has 0 saturated carbocycles. The van der Waals surface area contributed by atoms with Gasteiger partial charge in [0.2, 0.25) is 41.2 Å². The van der Waals surface area contributed by atoms with E-state index in [1.807, 2.05) is 6.92 Å². The van der Waals surface area contributed by atoms with Crippen LogP contribution in [-0.2, 0) is 52.7 Å². The first-order chi connectivity index (χ1) is 26.7. The Labute approximate surface area is 337 Å². The van der Waals surface area contributed by atoms with Crippen LogP contribution < -0.4 is 37.6 Å². The quantitative estimate of drug-likeness (QED) is 0.0449. The van der Waals surface area contributed by atoms with Gasteiger partial charge in [0.25, 0.3) is 5.91 Å². The SMILES string of the molecule is CCCCC(NC(=O)[C@H](CC(C)C)NC(=O)[C@@H](NC(=O)[C@@H](NC(=O)[C@H](CCC(=O)O)NC(=O)[C@H](CC(=O)O)NC(=O)CCC(=O)O)C(C)C)C(C)(C)C)C(=O)C(N)=O. The third-order valence-electron chi connectivity index (χ3n) is 8.60. The number of nitrogens with one attached hydrogen (secondary N) is 6. The Balaban J connectivity index is 6.40. The van der Waals surface area contributed by atoms with Gasteiger partial charge in [0.05, 0.1) is 18.9 Å². The molecule has 21 nitrogen and oxygen atoms in total. The number of hydrogen-bond acceptors (Lipinski definition) is 11. The minimum absolute atomic E-state index is 0.0983. The Morgan fingerprint density at radius 1 is 0.569 bits per heavy atom. The molecule has 0 aromatic heterocycles. The van der Waals surface area contributed by atoms with E-state index in [0.717, 1.165) is 0 Å². The van der Waals surface area contributed by atoms with Gasteiger partial charge in [-0.1, -0.05) is 68.2 Å². The van der Waals surface area contributed by atoms with Gasteiger partial charge in [-0.3, -0.25) is 52.7 Å². The molecule has 0 aliphatic heterocycles. The van der Waals surface area contributed by atoms with Crippen LogP contribution in [0.1, 0.15) is 113 Å². The number of unbranched alkanes of at least 4 members (excludes halogenated alkanes) is 1. The molecule has 58 heavy (non-hydrogen) atoms. The molecule has 21 heteroatoms. The van der Waals surface area contributed by atoms with Crippen molar-refractivity contribution in [3.8, 4) is 0 Å². The molecule has 0 heterocycles. The highest BCUT2D eigenvalue weighted by atomic mass is 16.4. The first kappa shape index (κ1) is 52.4. The van der Waals surface area contributed by atoms with Crippen molar-refractivity contribution in [2.75, 3.05) is 0 Å². The van der Waals surface area contributed by atoms with Crippen molar-refractivity contribution in [3.05, 3.63) is 0 Å². The molecular weight excluding hydrogens is 766 g/mol. The zero-order chi connectivity index (χ0) is 45.1. The fourth-order valence-corrected chi connectivity index (χ4v) is 5.46. The number of carboxylic acids is 3. The average molecular weight is 828 g/mol. The molecule has 0 bridgehead atoms. The summed E-state index contributed by atoms with van der Waals surface area (Å²) in [6.07, 6.45) is -2.03. The Bertz CT molecular complexity index is 1520. The minimum atomic E-state index is -1.79. The predicted octanol–water partition coefficient (Wildman–Crippen LogP) is -0.908. The molecule has 6 atom stereocenters. The number of Topliss-reactive ketones (excluding diaryl/α,β-unsaturated/α-hetero) is 1. The summed E-state index contributed by atoms with van der Waals surface area (Å²) in [7, 11) is 0. The number of aliphatic carboxylic acids is 3. The summed E-state index contributed by atoms with van der Waals surface area (Å²) in [5.41, 5.74) is 4.18. The van der Waals surface area contributed by atoms with E-state index in [0.29, 0.717) is 12.8 Å². The number of carboxylic acid groups (broad SMARTS) is 3. The summed E-state index contributed by atoms with van der Waals surface area (Å²) in [6.45, 7) is 13.4. The van der Waals surface area contributed by atoms with E-state index >= 15 is 0 Å². The van der Waals surface area contributed by atoms with Crippen LogP contribution in [0.3, 0.4) is 0 Å². The third-order valence-corrected chi connectivity index (χ3v) is 8.60. The van der Waals surface area contributed by atoms with Crippen LogP contribution in [0.5, 0.6) is 0 Å². The van der Waals surface area contributed by atoms with Gasteiger partial charge >= 0.3 is 17.9 Å². The van der Waals surface area contributed by atoms with Crippen molar-refractivity contribution in [2.45, 2.75) is 149 Å². The molecular formula is C37H61N7O14. The molecule has 7 amide bonds. The van der Waals surface area contributed by atoms with Gasteiger partial charge < -0.3 is 53.0 Å². The Morgan fingerprint density at radius 3 is 1.55 bits per heavy atom. The maximum Gasteiger partial charge on any atom is 0.305 e. The van der Waals surface area contributed by atoms with Crippen molar-refractivity contribution in [3.63, 3.8) is 0 Å². The Kier molecular flexibility index (Phi) is 22.5. The highest BCUT2D eigenvalue weighted by molar-refractivity contribution is 6.37. The van der Waals surface area contributed by atoms with Gasteiger partial charge in [0.15, 0.2) is 0 Å². The highest BCUT2D eigenvalue weighted by Gasteiger charge is 2.39. The van der Waals surface area contributed by atoms with Gasteiger partial charge in [0.1, 0.15) is 30.2 Å². The van der Waals surface area contributed by atoms with E-state index in [4.69, 9.17) is 10.8 Å². The second-order valence-corrected chi connectivity index (χ2v) is 15.8. The van der Waals surface area contributed by atoms with Crippen LogP contribution in [0.15, 0.2) is 0 Å². The molecule has 0 fully saturated rings. The summed E-state index contributed by atoms with van der Waals surface area (Å²) in [4.78, 5) is 138. The van der Waals surface area contributed by atoms with Crippen LogP contribution in [0.2, 0.25) is 0 Å². The molecule has 1 unspecified atom stereocenters. The smallest absolute Gasteiger partial charge is 0.305 e. The van der Waals surface area contributed by atoms with Gasteiger partial charge in [-0.15, -0.1) is 0 Å². The Morgan fingerprint density at radius 2 is 1.09 bits per heavy atom. The maximum atomic E-state index is 13.9. The van der Waals surface area contributed by atoms with Gasteiger partial charge in [-0.25, -0.2) is 0 Å². The molecule has 0 aliphatic carbocycles. The number of ketones is 1. The van der Waals surface area contributed by atoms with E-state index in [9.17, 15) is 63.0 Å². The molecule has 0 spiro atoms. The fourth-order valence-electron chi connectivity index (χ4n) is 5.46. The zero-order valence-corrected chi connectivity index (χ0v) is 34.4. The van der Waals surface area contributed by atoms with Crippen LogP contribution in [0.25, 0.3) is 0 Å². The van der Waals surface area contributed by atoms with Gasteiger partial charge in [-0.05, 0) is 36.5 Å². The second kappa shape index (κ2) is 24.9.